The van der Waals surface area contributed by atoms with Gasteiger partial charge in [0.15, 0.2) is 0 Å². The van der Waals surface area contributed by atoms with E-state index >= 15 is 0 Å². The van der Waals surface area contributed by atoms with Gasteiger partial charge in [0.25, 0.3) is 0 Å². The highest BCUT2D eigenvalue weighted by molar-refractivity contribution is 5.67. The van der Waals surface area contributed by atoms with E-state index in [1.807, 2.05) is 0 Å². The Labute approximate surface area is 132 Å². The van der Waals surface area contributed by atoms with Gasteiger partial charge in [0.05, 0.1) is 12.1 Å². The van der Waals surface area contributed by atoms with Crippen molar-refractivity contribution in [2.24, 2.45) is 11.3 Å². The molecule has 4 heteroatoms. The molecular formula is C18H27NO3. The fourth-order valence-corrected chi connectivity index (χ4v) is 3.84. The lowest BCUT2D eigenvalue weighted by atomic mass is 9.67. The van der Waals surface area contributed by atoms with Gasteiger partial charge in [0, 0.05) is 17.9 Å². The third kappa shape index (κ3) is 3.53. The van der Waals surface area contributed by atoms with Gasteiger partial charge >= 0.3 is 5.97 Å². The highest BCUT2D eigenvalue weighted by Gasteiger charge is 2.40. The summed E-state index contributed by atoms with van der Waals surface area (Å²) in [7, 11) is 0. The summed E-state index contributed by atoms with van der Waals surface area (Å²) in [5, 5.41) is 13.1. The van der Waals surface area contributed by atoms with Gasteiger partial charge in [-0.1, -0.05) is 25.9 Å². The average Bonchev–Trinajstić information content (AvgIpc) is 3.10. The topological polar surface area (TPSA) is 63.3 Å². The summed E-state index contributed by atoms with van der Waals surface area (Å²) < 4.78 is 5.67. The molecule has 122 valence electrons. The van der Waals surface area contributed by atoms with Gasteiger partial charge in [-0.15, -0.1) is 0 Å². The van der Waals surface area contributed by atoms with E-state index < -0.39 is 5.97 Å². The molecule has 0 aliphatic heterocycles. The Bertz CT molecular complexity index is 545. The fraction of sp³-hybridized carbons (Fsp3) is 0.778. The van der Waals surface area contributed by atoms with Crippen molar-refractivity contribution < 1.29 is 14.4 Å². The number of carboxylic acid groups (broad SMARTS) is 1. The fourth-order valence-electron chi connectivity index (χ4n) is 3.84. The molecule has 0 amide bonds. The van der Waals surface area contributed by atoms with Crippen molar-refractivity contribution in [3.8, 4) is 0 Å². The van der Waals surface area contributed by atoms with Crippen molar-refractivity contribution in [1.82, 2.24) is 5.16 Å². The van der Waals surface area contributed by atoms with Crippen molar-refractivity contribution in [1.29, 1.82) is 0 Å². The van der Waals surface area contributed by atoms with Crippen molar-refractivity contribution in [3.63, 3.8) is 0 Å². The number of carbonyl (C=O) groups is 1. The second kappa shape index (κ2) is 5.71. The number of hydrogen-bond donors (Lipinski definition) is 1. The van der Waals surface area contributed by atoms with Gasteiger partial charge in [-0.05, 0) is 49.4 Å². The molecule has 2 aliphatic rings. The Morgan fingerprint density at radius 2 is 1.95 bits per heavy atom. The molecule has 0 spiro atoms. The third-order valence-electron chi connectivity index (χ3n) is 4.90. The first-order valence-corrected chi connectivity index (χ1v) is 8.53. The second-order valence-corrected chi connectivity index (χ2v) is 8.37. The van der Waals surface area contributed by atoms with Crippen LogP contribution in [0, 0.1) is 11.3 Å². The normalized spacial score (nSPS) is 25.0. The Kier molecular flexibility index (Phi) is 4.04. The largest absolute Gasteiger partial charge is 0.481 e. The minimum absolute atomic E-state index is 0.142. The Morgan fingerprint density at radius 3 is 2.50 bits per heavy atom. The van der Waals surface area contributed by atoms with Gasteiger partial charge < -0.3 is 9.63 Å². The van der Waals surface area contributed by atoms with Crippen LogP contribution in [0.25, 0.3) is 0 Å². The SMILES string of the molecule is CC(C)(C)C[C@H]1C[C@@H](c2onc(CCC(=O)O)c2C2CC2)C1. The quantitative estimate of drug-likeness (QED) is 0.840. The van der Waals surface area contributed by atoms with Crippen LogP contribution in [-0.2, 0) is 11.2 Å². The molecule has 2 aliphatic carbocycles. The number of carboxylic acids is 1. The van der Waals surface area contributed by atoms with Gasteiger partial charge in [-0.25, -0.2) is 0 Å². The predicted molar refractivity (Wildman–Crippen MR) is 84.0 cm³/mol. The van der Waals surface area contributed by atoms with E-state index in [4.69, 9.17) is 9.63 Å². The first kappa shape index (κ1) is 15.6. The van der Waals surface area contributed by atoms with Crippen LogP contribution in [0.3, 0.4) is 0 Å². The van der Waals surface area contributed by atoms with Gasteiger partial charge in [-0.2, -0.15) is 0 Å². The predicted octanol–water partition coefficient (Wildman–Crippen LogP) is 4.50. The van der Waals surface area contributed by atoms with E-state index in [1.54, 1.807) is 0 Å². The Morgan fingerprint density at radius 1 is 1.27 bits per heavy atom. The molecule has 0 saturated heterocycles. The molecule has 2 saturated carbocycles. The molecule has 1 aromatic heterocycles. The second-order valence-electron chi connectivity index (χ2n) is 8.37. The van der Waals surface area contributed by atoms with E-state index in [9.17, 15) is 4.79 Å². The molecule has 0 bridgehead atoms. The number of aliphatic carboxylic acids is 1. The van der Waals surface area contributed by atoms with Crippen LogP contribution >= 0.6 is 0 Å². The lowest BCUT2D eigenvalue weighted by molar-refractivity contribution is -0.136. The maximum absolute atomic E-state index is 10.8. The molecule has 1 aromatic rings. The van der Waals surface area contributed by atoms with Gasteiger partial charge in [0.1, 0.15) is 5.76 Å². The van der Waals surface area contributed by atoms with Gasteiger partial charge in [-0.3, -0.25) is 4.79 Å². The minimum Gasteiger partial charge on any atom is -0.481 e. The summed E-state index contributed by atoms with van der Waals surface area (Å²) in [6.07, 6.45) is 6.71. The number of aromatic nitrogens is 1. The zero-order chi connectivity index (χ0) is 15.9. The number of hydrogen-bond acceptors (Lipinski definition) is 3. The Hall–Kier alpha value is -1.32. The van der Waals surface area contributed by atoms with Gasteiger partial charge in [0.2, 0.25) is 0 Å². The zero-order valence-electron chi connectivity index (χ0n) is 13.9. The van der Waals surface area contributed by atoms with Crippen LogP contribution in [0.15, 0.2) is 4.52 Å². The monoisotopic (exact) mass is 305 g/mol. The first-order valence-electron chi connectivity index (χ1n) is 8.53. The molecule has 1 N–H and O–H groups in total. The molecule has 3 rings (SSSR count). The molecular weight excluding hydrogens is 278 g/mol. The number of rotatable bonds is 6. The zero-order valence-corrected chi connectivity index (χ0v) is 13.9. The van der Waals surface area contributed by atoms with Crippen molar-refractivity contribution in [2.75, 3.05) is 0 Å². The third-order valence-corrected chi connectivity index (χ3v) is 4.90. The van der Waals surface area contributed by atoms with E-state index in [0.29, 0.717) is 23.7 Å². The molecule has 4 nitrogen and oxygen atoms in total. The van der Waals surface area contributed by atoms with Crippen LogP contribution in [0.5, 0.6) is 0 Å². The van der Waals surface area contributed by atoms with Crippen LogP contribution in [0.1, 0.15) is 88.1 Å². The molecule has 1 heterocycles. The standard InChI is InChI=1S/C18H27NO3/c1-18(2,3)10-11-8-13(9-11)17-16(12-4-5-12)14(19-22-17)6-7-15(20)21/h11-13H,4-10H2,1-3H3,(H,20,21)/t11-,13+. The summed E-state index contributed by atoms with van der Waals surface area (Å²) in [6.45, 7) is 6.90. The maximum atomic E-state index is 10.8. The van der Waals surface area contributed by atoms with Crippen molar-refractivity contribution in [2.45, 2.75) is 77.6 Å². The summed E-state index contributed by atoms with van der Waals surface area (Å²) in [4.78, 5) is 10.8. The highest BCUT2D eigenvalue weighted by atomic mass is 16.5. The van der Waals surface area contributed by atoms with Crippen LogP contribution in [0.4, 0.5) is 0 Å². The molecule has 0 atom stereocenters. The van der Waals surface area contributed by atoms with Crippen molar-refractivity contribution >= 4 is 5.97 Å². The molecule has 0 unspecified atom stereocenters. The van der Waals surface area contributed by atoms with Crippen LogP contribution < -0.4 is 0 Å². The highest BCUT2D eigenvalue weighted by Crippen LogP contribution is 2.52. The molecule has 2 fully saturated rings. The number of nitrogens with zero attached hydrogens (tertiary/aromatic N) is 1. The lowest BCUT2D eigenvalue weighted by Crippen LogP contribution is -2.26. The van der Waals surface area contributed by atoms with E-state index in [-0.39, 0.29) is 6.42 Å². The summed E-state index contributed by atoms with van der Waals surface area (Å²) in [5.41, 5.74) is 2.56. The Balaban J connectivity index is 1.66. The molecule has 0 radical (unpaired) electrons. The summed E-state index contributed by atoms with van der Waals surface area (Å²) >= 11 is 0. The van der Waals surface area contributed by atoms with Crippen LogP contribution in [-0.4, -0.2) is 16.2 Å². The van der Waals surface area contributed by atoms with E-state index in [2.05, 4.69) is 25.9 Å². The lowest BCUT2D eigenvalue weighted by Gasteiger charge is -2.38. The summed E-state index contributed by atoms with van der Waals surface area (Å²) in [5.74, 6) is 2.19. The molecule has 22 heavy (non-hydrogen) atoms. The van der Waals surface area contributed by atoms with Crippen LogP contribution in [0.2, 0.25) is 0 Å². The maximum Gasteiger partial charge on any atom is 0.303 e. The van der Waals surface area contributed by atoms with E-state index in [0.717, 1.165) is 17.4 Å². The average molecular weight is 305 g/mol. The van der Waals surface area contributed by atoms with E-state index in [1.165, 1.54) is 37.7 Å². The molecule has 0 aromatic carbocycles. The smallest absolute Gasteiger partial charge is 0.303 e. The summed E-state index contributed by atoms with van der Waals surface area (Å²) in [6, 6.07) is 0. The first-order chi connectivity index (χ1) is 10.3. The minimum atomic E-state index is -0.764. The van der Waals surface area contributed by atoms with Crippen molar-refractivity contribution in [3.05, 3.63) is 17.0 Å². The number of aryl methyl sites for hydroxylation is 1.